The van der Waals surface area contributed by atoms with Crippen LogP contribution in [0.5, 0.6) is 0 Å². The molecule has 0 saturated heterocycles. The number of aliphatic hydroxyl groups is 1. The molecule has 0 spiro atoms. The summed E-state index contributed by atoms with van der Waals surface area (Å²) in [6, 6.07) is 7.64. The minimum absolute atomic E-state index is 0.0813. The summed E-state index contributed by atoms with van der Waals surface area (Å²) < 4.78 is 0. The molecule has 0 heterocycles. The van der Waals surface area contributed by atoms with Crippen LogP contribution >= 0.6 is 11.8 Å². The average Bonchev–Trinajstić information content (AvgIpc) is 2.26. The summed E-state index contributed by atoms with van der Waals surface area (Å²) in [5.41, 5.74) is 2.02. The Morgan fingerprint density at radius 3 is 2.38 bits per heavy atom. The second-order valence-corrected chi connectivity index (χ2v) is 4.62. The fourth-order valence-corrected chi connectivity index (χ4v) is 2.19. The molecule has 0 aromatic heterocycles. The fourth-order valence-electron chi connectivity index (χ4n) is 1.28. The molecule has 3 nitrogen and oxygen atoms in total. The monoisotopic (exact) mass is 240 g/mol. The van der Waals surface area contributed by atoms with Gasteiger partial charge in [0.1, 0.15) is 0 Å². The van der Waals surface area contributed by atoms with Crippen LogP contribution < -0.4 is 0 Å². The topological polar surface area (TPSA) is 57.5 Å². The summed E-state index contributed by atoms with van der Waals surface area (Å²) in [5.74, 6) is 1.06. The van der Waals surface area contributed by atoms with E-state index in [1.807, 2.05) is 24.3 Å². The molecule has 2 N–H and O–H groups in total. The molecule has 0 saturated carbocycles. The molecule has 1 rings (SSSR count). The van der Waals surface area contributed by atoms with E-state index in [4.69, 9.17) is 10.2 Å². The molecule has 0 bridgehead atoms. The predicted molar refractivity (Wildman–Crippen MR) is 65.6 cm³/mol. The van der Waals surface area contributed by atoms with Crippen molar-refractivity contribution in [2.45, 2.75) is 18.6 Å². The molecule has 0 radical (unpaired) electrons. The van der Waals surface area contributed by atoms with E-state index in [9.17, 15) is 4.79 Å². The van der Waals surface area contributed by atoms with Gasteiger partial charge >= 0.3 is 5.97 Å². The molecule has 0 aliphatic heterocycles. The first-order valence-corrected chi connectivity index (χ1v) is 6.36. The Balaban J connectivity index is 2.36. The Bertz CT molecular complexity index is 322. The highest BCUT2D eigenvalue weighted by atomic mass is 32.2. The van der Waals surface area contributed by atoms with E-state index in [0.29, 0.717) is 0 Å². The lowest BCUT2D eigenvalue weighted by Gasteiger charge is -2.02. The van der Waals surface area contributed by atoms with Crippen molar-refractivity contribution in [3.05, 3.63) is 35.4 Å². The number of hydrogen-bond acceptors (Lipinski definition) is 3. The van der Waals surface area contributed by atoms with Gasteiger partial charge in [-0.25, -0.2) is 0 Å². The largest absolute Gasteiger partial charge is 0.481 e. The molecule has 1 aromatic rings. The third kappa shape index (κ3) is 5.19. The zero-order valence-electron chi connectivity index (χ0n) is 9.06. The van der Waals surface area contributed by atoms with E-state index in [0.717, 1.165) is 23.5 Å². The van der Waals surface area contributed by atoms with Gasteiger partial charge in [-0.2, -0.15) is 11.8 Å². The molecule has 0 fully saturated rings. The average molecular weight is 240 g/mol. The maximum atomic E-state index is 10.5. The standard InChI is InChI=1S/C12H16O3S/c13-6-1-7-16-9-11-4-2-10(3-5-11)8-12(14)15/h2-5,13H,1,6-9H2,(H,14,15). The van der Waals surface area contributed by atoms with Crippen molar-refractivity contribution in [3.63, 3.8) is 0 Å². The molecule has 0 amide bonds. The second kappa shape index (κ2) is 7.30. The minimum atomic E-state index is -0.801. The smallest absolute Gasteiger partial charge is 0.307 e. The van der Waals surface area contributed by atoms with E-state index in [1.54, 1.807) is 11.8 Å². The Hall–Kier alpha value is -1.00. The van der Waals surface area contributed by atoms with Gasteiger partial charge in [0, 0.05) is 12.4 Å². The van der Waals surface area contributed by atoms with Gasteiger partial charge in [-0.1, -0.05) is 24.3 Å². The summed E-state index contributed by atoms with van der Waals surface area (Å²) in [4.78, 5) is 10.5. The van der Waals surface area contributed by atoms with Gasteiger partial charge in [0.15, 0.2) is 0 Å². The normalized spacial score (nSPS) is 10.3. The van der Waals surface area contributed by atoms with Crippen LogP contribution in [0.4, 0.5) is 0 Å². The number of hydrogen-bond donors (Lipinski definition) is 2. The number of carbonyl (C=O) groups is 1. The summed E-state index contributed by atoms with van der Waals surface area (Å²) in [6.45, 7) is 0.241. The lowest BCUT2D eigenvalue weighted by atomic mass is 10.1. The minimum Gasteiger partial charge on any atom is -0.481 e. The number of aliphatic hydroxyl groups excluding tert-OH is 1. The van der Waals surface area contributed by atoms with Gasteiger partial charge in [-0.3, -0.25) is 4.79 Å². The lowest BCUT2D eigenvalue weighted by Crippen LogP contribution is -1.99. The molecule has 0 aliphatic rings. The molecule has 88 valence electrons. The highest BCUT2D eigenvalue weighted by Gasteiger charge is 2.00. The predicted octanol–water partition coefficient (Wildman–Crippen LogP) is 1.93. The molecular formula is C12H16O3S. The number of carboxylic acids is 1. The molecular weight excluding hydrogens is 224 g/mol. The number of benzene rings is 1. The first kappa shape index (κ1) is 13.1. The molecule has 4 heteroatoms. The van der Waals surface area contributed by atoms with Gasteiger partial charge < -0.3 is 10.2 Å². The molecule has 0 aliphatic carbocycles. The first-order valence-electron chi connectivity index (χ1n) is 5.20. The van der Waals surface area contributed by atoms with Crippen molar-refractivity contribution in [1.82, 2.24) is 0 Å². The first-order chi connectivity index (χ1) is 7.72. The Kier molecular flexibility index (Phi) is 5.96. The maximum absolute atomic E-state index is 10.5. The number of rotatable bonds is 7. The molecule has 0 unspecified atom stereocenters. The van der Waals surface area contributed by atoms with Gasteiger partial charge in [-0.15, -0.1) is 0 Å². The summed E-state index contributed by atoms with van der Waals surface area (Å²) in [6.07, 6.45) is 0.902. The number of thioether (sulfide) groups is 1. The van der Waals surface area contributed by atoms with Crippen LogP contribution in [0.3, 0.4) is 0 Å². The highest BCUT2D eigenvalue weighted by Crippen LogP contribution is 2.14. The molecule has 1 aromatic carbocycles. The van der Waals surface area contributed by atoms with Crippen molar-refractivity contribution in [2.75, 3.05) is 12.4 Å². The van der Waals surface area contributed by atoms with E-state index >= 15 is 0 Å². The van der Waals surface area contributed by atoms with Crippen molar-refractivity contribution in [2.24, 2.45) is 0 Å². The summed E-state index contributed by atoms with van der Waals surface area (Å²) >= 11 is 1.77. The number of carboxylic acid groups (broad SMARTS) is 1. The molecule has 16 heavy (non-hydrogen) atoms. The van der Waals surface area contributed by atoms with Crippen molar-refractivity contribution >= 4 is 17.7 Å². The van der Waals surface area contributed by atoms with Crippen LogP contribution in [-0.4, -0.2) is 28.5 Å². The highest BCUT2D eigenvalue weighted by molar-refractivity contribution is 7.98. The van der Waals surface area contributed by atoms with E-state index in [2.05, 4.69) is 0 Å². The van der Waals surface area contributed by atoms with Crippen LogP contribution in [0, 0.1) is 0 Å². The Morgan fingerprint density at radius 1 is 1.19 bits per heavy atom. The van der Waals surface area contributed by atoms with Crippen molar-refractivity contribution in [3.8, 4) is 0 Å². The zero-order chi connectivity index (χ0) is 11.8. The number of aliphatic carboxylic acids is 1. The summed E-state index contributed by atoms with van der Waals surface area (Å²) in [5, 5.41) is 17.2. The third-order valence-electron chi connectivity index (χ3n) is 2.09. The van der Waals surface area contributed by atoms with Gasteiger partial charge in [0.05, 0.1) is 6.42 Å². The van der Waals surface area contributed by atoms with Crippen LogP contribution in [0.25, 0.3) is 0 Å². The SMILES string of the molecule is O=C(O)Cc1ccc(CSCCCO)cc1. The maximum Gasteiger partial charge on any atom is 0.307 e. The summed E-state index contributed by atoms with van der Waals surface area (Å²) in [7, 11) is 0. The van der Waals surface area contributed by atoms with Gasteiger partial charge in [0.2, 0.25) is 0 Å². The van der Waals surface area contributed by atoms with E-state index < -0.39 is 5.97 Å². The van der Waals surface area contributed by atoms with Gasteiger partial charge in [-0.05, 0) is 23.3 Å². The van der Waals surface area contributed by atoms with Crippen LogP contribution in [0.2, 0.25) is 0 Å². The molecule has 0 atom stereocenters. The third-order valence-corrected chi connectivity index (χ3v) is 3.21. The Labute approximate surface area is 99.5 Å². The van der Waals surface area contributed by atoms with Crippen LogP contribution in [0.1, 0.15) is 17.5 Å². The van der Waals surface area contributed by atoms with Crippen molar-refractivity contribution < 1.29 is 15.0 Å². The van der Waals surface area contributed by atoms with E-state index in [1.165, 1.54) is 5.56 Å². The van der Waals surface area contributed by atoms with Crippen LogP contribution in [-0.2, 0) is 17.0 Å². The Morgan fingerprint density at radius 2 is 1.81 bits per heavy atom. The zero-order valence-corrected chi connectivity index (χ0v) is 9.87. The van der Waals surface area contributed by atoms with Gasteiger partial charge in [0.25, 0.3) is 0 Å². The fraction of sp³-hybridized carbons (Fsp3) is 0.417. The van der Waals surface area contributed by atoms with Crippen LogP contribution in [0.15, 0.2) is 24.3 Å². The second-order valence-electron chi connectivity index (χ2n) is 3.52. The van der Waals surface area contributed by atoms with E-state index in [-0.39, 0.29) is 13.0 Å². The van der Waals surface area contributed by atoms with Crippen molar-refractivity contribution in [1.29, 1.82) is 0 Å². The quantitative estimate of drug-likeness (QED) is 0.715. The lowest BCUT2D eigenvalue weighted by molar-refractivity contribution is -0.136.